The van der Waals surface area contributed by atoms with Gasteiger partial charge in [-0.3, -0.25) is 9.59 Å². The summed E-state index contributed by atoms with van der Waals surface area (Å²) in [6.45, 7) is 0.463. The van der Waals surface area contributed by atoms with E-state index in [0.717, 1.165) is 11.2 Å². The molecular formula is C25H27N5O2. The van der Waals surface area contributed by atoms with Crippen LogP contribution < -0.4 is 5.32 Å². The van der Waals surface area contributed by atoms with E-state index in [4.69, 9.17) is 0 Å². The van der Waals surface area contributed by atoms with Crippen LogP contribution in [0.25, 0.3) is 5.65 Å². The third-order valence-corrected chi connectivity index (χ3v) is 5.70. The molecule has 0 fully saturated rings. The second-order valence-electron chi connectivity index (χ2n) is 7.90. The fourth-order valence-corrected chi connectivity index (χ4v) is 3.84. The Bertz CT molecular complexity index is 1180. The Hall–Kier alpha value is -3.87. The minimum Gasteiger partial charge on any atom is -0.351 e. The minimum absolute atomic E-state index is 0.0941. The quantitative estimate of drug-likeness (QED) is 0.468. The van der Waals surface area contributed by atoms with Gasteiger partial charge in [0.15, 0.2) is 0 Å². The molecule has 7 heteroatoms. The van der Waals surface area contributed by atoms with Crippen molar-refractivity contribution in [3.05, 3.63) is 96.2 Å². The number of likely N-dealkylation sites (N-methyl/N-ethyl adjacent to an activating group) is 1. The molecule has 0 aliphatic heterocycles. The van der Waals surface area contributed by atoms with E-state index in [1.165, 1.54) is 0 Å². The molecule has 3 aromatic heterocycles. The molecule has 3 heterocycles. The lowest BCUT2D eigenvalue weighted by Gasteiger charge is -2.28. The number of aromatic nitrogens is 3. The molecular weight excluding hydrogens is 402 g/mol. The van der Waals surface area contributed by atoms with Crippen LogP contribution >= 0.6 is 0 Å². The average Bonchev–Trinajstić information content (AvgIpc) is 3.44. The van der Waals surface area contributed by atoms with Gasteiger partial charge in [0, 0.05) is 45.3 Å². The van der Waals surface area contributed by atoms with Gasteiger partial charge in [0.2, 0.25) is 0 Å². The standard InChI is InChI=1S/C25H27N5O2/c1-28-15-8-11-22(28)24(31)26-14-13-20(17-19-9-4-3-5-10-19)29(2)25(32)21-18-30-16-7-6-12-23(30)27-21/h3-12,15-16,18,20H,13-14,17H2,1-2H3,(H,26,31). The van der Waals surface area contributed by atoms with Crippen LogP contribution in [-0.2, 0) is 13.5 Å². The first-order valence-electron chi connectivity index (χ1n) is 10.7. The smallest absolute Gasteiger partial charge is 0.274 e. The summed E-state index contributed by atoms with van der Waals surface area (Å²) in [6.07, 6.45) is 6.79. The van der Waals surface area contributed by atoms with Crippen LogP contribution in [0.2, 0.25) is 0 Å². The molecule has 1 N–H and O–H groups in total. The fourth-order valence-electron chi connectivity index (χ4n) is 3.84. The summed E-state index contributed by atoms with van der Waals surface area (Å²) in [4.78, 5) is 31.9. The summed E-state index contributed by atoms with van der Waals surface area (Å²) >= 11 is 0. The second kappa shape index (κ2) is 9.51. The predicted octanol–water partition coefficient (Wildman–Crippen LogP) is 3.18. The number of aryl methyl sites for hydroxylation is 1. The van der Waals surface area contributed by atoms with Gasteiger partial charge in [-0.25, -0.2) is 4.98 Å². The molecule has 4 rings (SSSR count). The molecule has 0 saturated heterocycles. The number of pyridine rings is 1. The summed E-state index contributed by atoms with van der Waals surface area (Å²) in [7, 11) is 3.65. The Morgan fingerprint density at radius 3 is 2.53 bits per heavy atom. The lowest BCUT2D eigenvalue weighted by Crippen LogP contribution is -2.41. The van der Waals surface area contributed by atoms with E-state index in [9.17, 15) is 9.59 Å². The highest BCUT2D eigenvalue weighted by atomic mass is 16.2. The van der Waals surface area contributed by atoms with E-state index < -0.39 is 0 Å². The highest BCUT2D eigenvalue weighted by Crippen LogP contribution is 2.15. The average molecular weight is 430 g/mol. The Kier molecular flexibility index (Phi) is 6.35. The molecule has 32 heavy (non-hydrogen) atoms. The summed E-state index contributed by atoms with van der Waals surface area (Å²) in [5.41, 5.74) is 2.89. The van der Waals surface area contributed by atoms with Crippen molar-refractivity contribution in [1.82, 2.24) is 24.2 Å². The Labute approximate surface area is 187 Å². The SMILES string of the molecule is CN(C(=O)c1cn2ccccc2n1)C(CCNC(=O)c1cccn1C)Cc1ccccc1. The number of amides is 2. The highest BCUT2D eigenvalue weighted by molar-refractivity contribution is 5.93. The van der Waals surface area contributed by atoms with Crippen LogP contribution in [0, 0.1) is 0 Å². The number of imidazole rings is 1. The summed E-state index contributed by atoms with van der Waals surface area (Å²) in [5, 5.41) is 2.98. The first kappa shape index (κ1) is 21.4. The summed E-state index contributed by atoms with van der Waals surface area (Å²) in [6, 6.07) is 19.3. The number of carbonyl (C=O) groups excluding carboxylic acids is 2. The number of fused-ring (bicyclic) bond motifs is 1. The zero-order valence-corrected chi connectivity index (χ0v) is 18.3. The van der Waals surface area contributed by atoms with Crippen molar-refractivity contribution in [2.24, 2.45) is 7.05 Å². The molecule has 0 aliphatic carbocycles. The van der Waals surface area contributed by atoms with E-state index in [1.54, 1.807) is 28.8 Å². The van der Waals surface area contributed by atoms with E-state index in [-0.39, 0.29) is 17.9 Å². The van der Waals surface area contributed by atoms with Crippen molar-refractivity contribution in [3.8, 4) is 0 Å². The van der Waals surface area contributed by atoms with Crippen LogP contribution in [0.15, 0.2) is 79.3 Å². The molecule has 0 radical (unpaired) electrons. The molecule has 4 aromatic rings. The van der Waals surface area contributed by atoms with Crippen LogP contribution in [0.1, 0.15) is 33.0 Å². The number of benzene rings is 1. The molecule has 0 spiro atoms. The molecule has 164 valence electrons. The van der Waals surface area contributed by atoms with Crippen LogP contribution in [0.3, 0.4) is 0 Å². The molecule has 1 aromatic carbocycles. The Morgan fingerprint density at radius 2 is 1.81 bits per heavy atom. The van der Waals surface area contributed by atoms with Crippen molar-refractivity contribution < 1.29 is 9.59 Å². The molecule has 1 unspecified atom stereocenters. The van der Waals surface area contributed by atoms with Crippen LogP contribution in [-0.4, -0.2) is 50.3 Å². The van der Waals surface area contributed by atoms with Crippen LogP contribution in [0.5, 0.6) is 0 Å². The summed E-state index contributed by atoms with van der Waals surface area (Å²) in [5.74, 6) is -0.256. The van der Waals surface area contributed by atoms with Gasteiger partial charge in [-0.15, -0.1) is 0 Å². The number of hydrogen-bond acceptors (Lipinski definition) is 3. The zero-order chi connectivity index (χ0) is 22.5. The van der Waals surface area contributed by atoms with Gasteiger partial charge in [-0.05, 0) is 42.7 Å². The van der Waals surface area contributed by atoms with Gasteiger partial charge < -0.3 is 19.2 Å². The first-order chi connectivity index (χ1) is 15.5. The Balaban J connectivity index is 1.48. The largest absolute Gasteiger partial charge is 0.351 e. The zero-order valence-electron chi connectivity index (χ0n) is 18.3. The van der Waals surface area contributed by atoms with Gasteiger partial charge >= 0.3 is 0 Å². The second-order valence-corrected chi connectivity index (χ2v) is 7.90. The summed E-state index contributed by atoms with van der Waals surface area (Å²) < 4.78 is 3.63. The first-order valence-corrected chi connectivity index (χ1v) is 10.7. The van der Waals surface area contributed by atoms with E-state index in [1.807, 2.05) is 66.3 Å². The number of nitrogens with zero attached hydrogens (tertiary/aromatic N) is 4. The van der Waals surface area contributed by atoms with Gasteiger partial charge in [-0.1, -0.05) is 36.4 Å². The molecule has 0 bridgehead atoms. The van der Waals surface area contributed by atoms with Crippen molar-refractivity contribution in [3.63, 3.8) is 0 Å². The molecule has 0 saturated carbocycles. The predicted molar refractivity (Wildman–Crippen MR) is 124 cm³/mol. The van der Waals surface area contributed by atoms with Gasteiger partial charge in [-0.2, -0.15) is 0 Å². The minimum atomic E-state index is -0.136. The number of carbonyl (C=O) groups is 2. The molecule has 0 aliphatic rings. The highest BCUT2D eigenvalue weighted by Gasteiger charge is 2.24. The van der Waals surface area contributed by atoms with Gasteiger partial charge in [0.1, 0.15) is 17.0 Å². The molecule has 7 nitrogen and oxygen atoms in total. The maximum atomic E-state index is 13.2. The van der Waals surface area contributed by atoms with E-state index >= 15 is 0 Å². The Morgan fingerprint density at radius 1 is 1.03 bits per heavy atom. The lowest BCUT2D eigenvalue weighted by molar-refractivity contribution is 0.0717. The number of hydrogen-bond donors (Lipinski definition) is 1. The fraction of sp³-hybridized carbons (Fsp3) is 0.240. The third kappa shape index (κ3) is 4.72. The number of nitrogens with one attached hydrogen (secondary N) is 1. The maximum Gasteiger partial charge on any atom is 0.274 e. The molecule has 2 amide bonds. The van der Waals surface area contributed by atoms with E-state index in [2.05, 4.69) is 22.4 Å². The van der Waals surface area contributed by atoms with E-state index in [0.29, 0.717) is 30.8 Å². The molecule has 1 atom stereocenters. The van der Waals surface area contributed by atoms with Crippen molar-refractivity contribution in [2.75, 3.05) is 13.6 Å². The van der Waals surface area contributed by atoms with Gasteiger partial charge in [0.05, 0.1) is 0 Å². The normalized spacial score (nSPS) is 11.9. The maximum absolute atomic E-state index is 13.2. The lowest BCUT2D eigenvalue weighted by atomic mass is 10.0. The van der Waals surface area contributed by atoms with Crippen molar-refractivity contribution in [1.29, 1.82) is 0 Å². The van der Waals surface area contributed by atoms with Crippen molar-refractivity contribution in [2.45, 2.75) is 18.9 Å². The number of rotatable bonds is 8. The van der Waals surface area contributed by atoms with Gasteiger partial charge in [0.25, 0.3) is 11.8 Å². The van der Waals surface area contributed by atoms with Crippen molar-refractivity contribution >= 4 is 17.5 Å². The monoisotopic (exact) mass is 429 g/mol. The topological polar surface area (TPSA) is 71.6 Å². The third-order valence-electron chi connectivity index (χ3n) is 5.70. The van der Waals surface area contributed by atoms with Crippen LogP contribution in [0.4, 0.5) is 0 Å².